The van der Waals surface area contributed by atoms with Gasteiger partial charge in [-0.1, -0.05) is 60.7 Å². The fraction of sp³-hybridized carbons (Fsp3) is 0.231. The van der Waals surface area contributed by atoms with Crippen LogP contribution in [0.3, 0.4) is 0 Å². The molecule has 2 aromatic carbocycles. The van der Waals surface area contributed by atoms with E-state index in [1.807, 2.05) is 68.5 Å². The van der Waals surface area contributed by atoms with E-state index in [0.717, 1.165) is 24.3 Å². The van der Waals surface area contributed by atoms with Gasteiger partial charge in [0, 0.05) is 25.3 Å². The fourth-order valence-corrected chi connectivity index (χ4v) is 2.66. The van der Waals surface area contributed by atoms with Crippen LogP contribution < -0.4 is 10.2 Å². The van der Waals surface area contributed by atoms with Crippen molar-refractivity contribution in [1.29, 1.82) is 5.26 Å². The average molecular weight is 418 g/mol. The third kappa shape index (κ3) is 9.62. The van der Waals surface area contributed by atoms with E-state index in [1.54, 1.807) is 12.2 Å². The predicted molar refractivity (Wildman–Crippen MR) is 128 cm³/mol. The maximum atomic E-state index is 11.9. The van der Waals surface area contributed by atoms with Gasteiger partial charge < -0.3 is 15.3 Å². The van der Waals surface area contributed by atoms with Crippen molar-refractivity contribution < 1.29 is 9.90 Å². The molecule has 0 atom stereocenters. The normalized spacial score (nSPS) is 10.6. The van der Waals surface area contributed by atoms with Gasteiger partial charge in [0.25, 0.3) is 5.91 Å². The molecular weight excluding hydrogens is 386 g/mol. The molecule has 0 spiro atoms. The Kier molecular flexibility index (Phi) is 12.5. The van der Waals surface area contributed by atoms with Gasteiger partial charge in [-0.25, -0.2) is 0 Å². The highest BCUT2D eigenvalue weighted by molar-refractivity contribution is 6.01. The first kappa shape index (κ1) is 25.4. The monoisotopic (exact) mass is 417 g/mol. The van der Waals surface area contributed by atoms with Crippen molar-refractivity contribution in [2.24, 2.45) is 0 Å². The van der Waals surface area contributed by atoms with Crippen LogP contribution in [0.25, 0.3) is 6.08 Å². The SMILES string of the molecule is C/C=C/CN(Cc1ccccc1)c1ccc(/C=C(\C#N)C(=O)NCCO)cc1.C=CC. The molecule has 1 amide bonds. The van der Waals surface area contributed by atoms with Gasteiger partial charge in [0.15, 0.2) is 0 Å². The largest absolute Gasteiger partial charge is 0.395 e. The van der Waals surface area contributed by atoms with Crippen molar-refractivity contribution in [2.45, 2.75) is 20.4 Å². The number of aliphatic hydroxyl groups excluding tert-OH is 1. The number of anilines is 1. The van der Waals surface area contributed by atoms with Crippen LogP contribution in [0.4, 0.5) is 5.69 Å². The Balaban J connectivity index is 0.00000151. The summed E-state index contributed by atoms with van der Waals surface area (Å²) in [6.45, 7) is 8.78. The van der Waals surface area contributed by atoms with Crippen LogP contribution in [0, 0.1) is 11.3 Å². The standard InChI is InChI=1S/C23H25N3O2.C3H6/c1-2-3-14-26(18-20-7-5-4-6-8-20)22-11-9-19(10-12-22)16-21(17-24)23(28)25-13-15-27;1-3-2/h2-12,16,27H,13-15,18H2,1H3,(H,25,28);3H,1H2,2H3/b3-2+,21-16+;. The summed E-state index contributed by atoms with van der Waals surface area (Å²) >= 11 is 0. The lowest BCUT2D eigenvalue weighted by molar-refractivity contribution is -0.117. The van der Waals surface area contributed by atoms with Gasteiger partial charge in [0.1, 0.15) is 11.6 Å². The third-order valence-corrected chi connectivity index (χ3v) is 4.11. The number of nitrogens with one attached hydrogen (secondary N) is 1. The first-order valence-electron chi connectivity index (χ1n) is 10.2. The number of amides is 1. The number of aliphatic hydroxyl groups is 1. The van der Waals surface area contributed by atoms with Crippen molar-refractivity contribution in [1.82, 2.24) is 5.32 Å². The van der Waals surface area contributed by atoms with Crippen molar-refractivity contribution in [3.8, 4) is 6.07 Å². The van der Waals surface area contributed by atoms with Gasteiger partial charge in [-0.3, -0.25) is 4.79 Å². The Labute approximate surface area is 185 Å². The van der Waals surface area contributed by atoms with E-state index in [-0.39, 0.29) is 18.7 Å². The van der Waals surface area contributed by atoms with Gasteiger partial charge in [-0.2, -0.15) is 5.26 Å². The van der Waals surface area contributed by atoms with Crippen LogP contribution in [0.2, 0.25) is 0 Å². The summed E-state index contributed by atoms with van der Waals surface area (Å²) in [5, 5.41) is 20.5. The second-order valence-corrected chi connectivity index (χ2v) is 6.58. The van der Waals surface area contributed by atoms with Gasteiger partial charge >= 0.3 is 0 Å². The Morgan fingerprint density at radius 3 is 2.35 bits per heavy atom. The van der Waals surface area contributed by atoms with Crippen LogP contribution in [-0.4, -0.2) is 30.7 Å². The summed E-state index contributed by atoms with van der Waals surface area (Å²) in [5.41, 5.74) is 3.06. The summed E-state index contributed by atoms with van der Waals surface area (Å²) < 4.78 is 0. The lowest BCUT2D eigenvalue weighted by Crippen LogP contribution is -2.27. The third-order valence-electron chi connectivity index (χ3n) is 4.11. The summed E-state index contributed by atoms with van der Waals surface area (Å²) in [5.74, 6) is -0.487. The number of benzene rings is 2. The van der Waals surface area contributed by atoms with Crippen molar-refractivity contribution in [3.63, 3.8) is 0 Å². The number of rotatable bonds is 9. The van der Waals surface area contributed by atoms with Crippen molar-refractivity contribution >= 4 is 17.7 Å². The molecule has 2 rings (SSSR count). The van der Waals surface area contributed by atoms with Crippen LogP contribution >= 0.6 is 0 Å². The van der Waals surface area contributed by atoms with Crippen molar-refractivity contribution in [2.75, 3.05) is 24.6 Å². The Bertz CT molecular complexity index is 894. The zero-order chi connectivity index (χ0) is 22.9. The maximum absolute atomic E-state index is 11.9. The van der Waals surface area contributed by atoms with E-state index < -0.39 is 5.91 Å². The summed E-state index contributed by atoms with van der Waals surface area (Å²) in [6.07, 6.45) is 7.43. The number of carbonyl (C=O) groups is 1. The minimum absolute atomic E-state index is 0.0104. The van der Waals surface area contributed by atoms with E-state index in [0.29, 0.717) is 0 Å². The lowest BCUT2D eigenvalue weighted by Gasteiger charge is -2.24. The van der Waals surface area contributed by atoms with E-state index in [4.69, 9.17) is 5.11 Å². The van der Waals surface area contributed by atoms with Crippen LogP contribution in [0.5, 0.6) is 0 Å². The van der Waals surface area contributed by atoms with Gasteiger partial charge in [0.2, 0.25) is 0 Å². The maximum Gasteiger partial charge on any atom is 0.262 e. The Morgan fingerprint density at radius 1 is 1.16 bits per heavy atom. The number of nitriles is 1. The highest BCUT2D eigenvalue weighted by atomic mass is 16.3. The van der Waals surface area contributed by atoms with E-state index in [9.17, 15) is 10.1 Å². The Morgan fingerprint density at radius 2 is 1.81 bits per heavy atom. The molecule has 0 bridgehead atoms. The van der Waals surface area contributed by atoms with E-state index in [2.05, 4.69) is 35.0 Å². The van der Waals surface area contributed by atoms with Gasteiger partial charge in [-0.05, 0) is 43.2 Å². The zero-order valence-electron chi connectivity index (χ0n) is 18.3. The highest BCUT2D eigenvalue weighted by Gasteiger charge is 2.09. The molecule has 5 heteroatoms. The van der Waals surface area contributed by atoms with Gasteiger partial charge in [0.05, 0.1) is 6.61 Å². The second kappa shape index (κ2) is 15.3. The molecular formula is C26H31N3O2. The molecule has 0 aliphatic heterocycles. The van der Waals surface area contributed by atoms with Crippen molar-refractivity contribution in [3.05, 3.63) is 96.1 Å². The first-order chi connectivity index (χ1) is 15.1. The number of hydrogen-bond donors (Lipinski definition) is 2. The summed E-state index contributed by atoms with van der Waals surface area (Å²) in [4.78, 5) is 14.2. The molecule has 0 aromatic heterocycles. The quantitative estimate of drug-likeness (QED) is 0.358. The lowest BCUT2D eigenvalue weighted by atomic mass is 10.1. The molecule has 0 fully saturated rings. The molecule has 0 unspecified atom stereocenters. The molecule has 162 valence electrons. The molecule has 5 nitrogen and oxygen atoms in total. The minimum Gasteiger partial charge on any atom is -0.395 e. The van der Waals surface area contributed by atoms with Crippen LogP contribution in [0.1, 0.15) is 25.0 Å². The molecule has 0 saturated heterocycles. The molecule has 0 aliphatic rings. The summed E-state index contributed by atoms with van der Waals surface area (Å²) in [6, 6.07) is 19.9. The first-order valence-corrected chi connectivity index (χ1v) is 10.2. The van der Waals surface area contributed by atoms with Gasteiger partial charge in [-0.15, -0.1) is 6.58 Å². The predicted octanol–water partition coefficient (Wildman–Crippen LogP) is 4.48. The highest BCUT2D eigenvalue weighted by Crippen LogP contribution is 2.19. The molecule has 0 saturated carbocycles. The summed E-state index contributed by atoms with van der Waals surface area (Å²) in [7, 11) is 0. The topological polar surface area (TPSA) is 76.4 Å². The number of nitrogens with zero attached hydrogens (tertiary/aromatic N) is 2. The van der Waals surface area contributed by atoms with E-state index >= 15 is 0 Å². The average Bonchev–Trinajstić information content (AvgIpc) is 2.80. The number of hydrogen-bond acceptors (Lipinski definition) is 4. The zero-order valence-corrected chi connectivity index (χ0v) is 18.3. The number of carbonyl (C=O) groups excluding carboxylic acids is 1. The Hall–Kier alpha value is -3.62. The molecule has 2 N–H and O–H groups in total. The molecule has 31 heavy (non-hydrogen) atoms. The fourth-order valence-electron chi connectivity index (χ4n) is 2.66. The molecule has 0 aliphatic carbocycles. The number of allylic oxidation sites excluding steroid dienone is 2. The smallest absolute Gasteiger partial charge is 0.262 e. The van der Waals surface area contributed by atoms with E-state index in [1.165, 1.54) is 5.56 Å². The minimum atomic E-state index is -0.487. The molecule has 0 radical (unpaired) electrons. The van der Waals surface area contributed by atoms with Crippen LogP contribution in [0.15, 0.2) is 85.0 Å². The molecule has 2 aromatic rings. The second-order valence-electron chi connectivity index (χ2n) is 6.58. The van der Waals surface area contributed by atoms with Crippen LogP contribution in [-0.2, 0) is 11.3 Å². The molecule has 0 heterocycles.